The van der Waals surface area contributed by atoms with E-state index in [4.69, 9.17) is 4.74 Å². The molecule has 1 N–H and O–H groups in total. The monoisotopic (exact) mass is 241 g/mol. The van der Waals surface area contributed by atoms with Crippen LogP contribution in [0.4, 0.5) is 5.69 Å². The van der Waals surface area contributed by atoms with Crippen LogP contribution in [0.15, 0.2) is 44.2 Å². The first-order chi connectivity index (χ1) is 8.86. The summed E-state index contributed by atoms with van der Waals surface area (Å²) in [7, 11) is 1.63. The molecule has 90 valence electrons. The molecule has 2 aliphatic rings. The van der Waals surface area contributed by atoms with Crippen molar-refractivity contribution in [3.63, 3.8) is 0 Å². The van der Waals surface area contributed by atoms with Crippen molar-refractivity contribution in [1.29, 1.82) is 0 Å². The molecule has 0 aromatic heterocycles. The highest BCUT2D eigenvalue weighted by atomic mass is 16.5. The molecule has 6 nitrogen and oxygen atoms in total. The van der Waals surface area contributed by atoms with Crippen LogP contribution in [0.25, 0.3) is 0 Å². The minimum Gasteiger partial charge on any atom is -0.497 e. The van der Waals surface area contributed by atoms with Crippen LogP contribution in [0.5, 0.6) is 5.75 Å². The summed E-state index contributed by atoms with van der Waals surface area (Å²) in [5, 5.41) is 3.21. The lowest BCUT2D eigenvalue weighted by Crippen LogP contribution is -2.33. The molecule has 6 heteroatoms. The van der Waals surface area contributed by atoms with E-state index in [1.807, 2.05) is 24.3 Å². The van der Waals surface area contributed by atoms with Crippen LogP contribution in [-0.4, -0.2) is 37.5 Å². The third-order valence-corrected chi connectivity index (χ3v) is 2.64. The van der Waals surface area contributed by atoms with Crippen molar-refractivity contribution in [1.82, 2.24) is 0 Å². The van der Waals surface area contributed by atoms with Crippen molar-refractivity contribution in [2.75, 3.05) is 12.4 Å². The number of fused-ring (bicyclic) bond motifs is 1. The quantitative estimate of drug-likeness (QED) is 0.849. The fourth-order valence-corrected chi connectivity index (χ4v) is 1.76. The lowest BCUT2D eigenvalue weighted by molar-refractivity contribution is 0.415. The topological polar surface area (TPSA) is 70.7 Å². The van der Waals surface area contributed by atoms with Crippen molar-refractivity contribution in [2.45, 2.75) is 6.04 Å². The Balaban J connectivity index is 1.84. The summed E-state index contributed by atoms with van der Waals surface area (Å²) in [4.78, 5) is 16.5. The minimum absolute atomic E-state index is 0.221. The van der Waals surface area contributed by atoms with Gasteiger partial charge in [-0.2, -0.15) is 0 Å². The molecule has 2 aliphatic heterocycles. The van der Waals surface area contributed by atoms with Gasteiger partial charge >= 0.3 is 0 Å². The molecule has 0 saturated carbocycles. The Morgan fingerprint density at radius 1 is 1.22 bits per heavy atom. The molecule has 18 heavy (non-hydrogen) atoms. The molecule has 0 fully saturated rings. The van der Waals surface area contributed by atoms with Gasteiger partial charge in [-0.1, -0.05) is 6.07 Å². The van der Waals surface area contributed by atoms with Crippen LogP contribution in [0, 0.1) is 0 Å². The summed E-state index contributed by atoms with van der Waals surface area (Å²) in [6.45, 7) is 0. The molecule has 1 unspecified atom stereocenters. The number of nitrogens with zero attached hydrogens (tertiary/aromatic N) is 4. The van der Waals surface area contributed by atoms with E-state index in [0.29, 0.717) is 11.7 Å². The molecule has 0 spiro atoms. The highest BCUT2D eigenvalue weighted by Crippen LogP contribution is 2.18. The van der Waals surface area contributed by atoms with Crippen molar-refractivity contribution < 1.29 is 4.74 Å². The predicted molar refractivity (Wildman–Crippen MR) is 72.3 cm³/mol. The smallest absolute Gasteiger partial charge is 0.169 e. The third kappa shape index (κ3) is 1.88. The Labute approximate surface area is 104 Å². The van der Waals surface area contributed by atoms with Gasteiger partial charge in [0, 0.05) is 11.8 Å². The van der Waals surface area contributed by atoms with Gasteiger partial charge in [0.1, 0.15) is 24.3 Å². The molecule has 0 saturated heterocycles. The van der Waals surface area contributed by atoms with E-state index in [2.05, 4.69) is 25.3 Å². The Hall–Kier alpha value is -2.50. The first-order valence-corrected chi connectivity index (χ1v) is 5.47. The number of methoxy groups -OCH3 is 1. The van der Waals surface area contributed by atoms with Crippen molar-refractivity contribution in [3.05, 3.63) is 24.3 Å². The maximum atomic E-state index is 5.17. The second-order valence-corrected chi connectivity index (χ2v) is 3.77. The number of nitrogens with one attached hydrogen (secondary N) is 1. The van der Waals surface area contributed by atoms with E-state index in [-0.39, 0.29) is 6.04 Å². The van der Waals surface area contributed by atoms with Crippen LogP contribution < -0.4 is 10.1 Å². The van der Waals surface area contributed by atoms with Gasteiger partial charge in [-0.3, -0.25) is 4.99 Å². The van der Waals surface area contributed by atoms with E-state index in [9.17, 15) is 0 Å². The number of amidine groups is 2. The van der Waals surface area contributed by atoms with E-state index >= 15 is 0 Å². The van der Waals surface area contributed by atoms with Gasteiger partial charge in [-0.15, -0.1) is 0 Å². The van der Waals surface area contributed by atoms with Crippen LogP contribution in [0.1, 0.15) is 0 Å². The van der Waals surface area contributed by atoms with Gasteiger partial charge in [0.25, 0.3) is 0 Å². The highest BCUT2D eigenvalue weighted by molar-refractivity contribution is 6.23. The van der Waals surface area contributed by atoms with E-state index in [1.54, 1.807) is 7.11 Å². The van der Waals surface area contributed by atoms with E-state index in [1.165, 1.54) is 12.7 Å². The minimum atomic E-state index is -0.221. The summed E-state index contributed by atoms with van der Waals surface area (Å²) >= 11 is 0. The molecule has 3 rings (SSSR count). The van der Waals surface area contributed by atoms with Gasteiger partial charge in [-0.05, 0) is 12.1 Å². The number of aliphatic imine (C=N–C) groups is 4. The number of anilines is 1. The number of hydrogen-bond donors (Lipinski definition) is 1. The standard InChI is InChI=1S/C12H11N5O/c1-18-9-4-2-3-8(5-9)17-12-10-11(14-6-13-10)15-7-16-12/h2-7,10H,1H3,(H,13,14,15,16,17). The maximum Gasteiger partial charge on any atom is 0.169 e. The molecule has 0 aliphatic carbocycles. The highest BCUT2D eigenvalue weighted by Gasteiger charge is 2.26. The summed E-state index contributed by atoms with van der Waals surface area (Å²) < 4.78 is 5.17. The van der Waals surface area contributed by atoms with Crippen molar-refractivity contribution in [3.8, 4) is 5.75 Å². The number of hydrogen-bond acceptors (Lipinski definition) is 6. The Morgan fingerprint density at radius 3 is 3.06 bits per heavy atom. The van der Waals surface area contributed by atoms with Crippen LogP contribution in [-0.2, 0) is 0 Å². The summed E-state index contributed by atoms with van der Waals surface area (Å²) in [6, 6.07) is 7.40. The molecular formula is C12H11N5O. The van der Waals surface area contributed by atoms with Gasteiger partial charge in [0.15, 0.2) is 11.9 Å². The summed E-state index contributed by atoms with van der Waals surface area (Å²) in [6.07, 6.45) is 2.98. The molecule has 1 atom stereocenters. The molecule has 0 bridgehead atoms. The average molecular weight is 241 g/mol. The lowest BCUT2D eigenvalue weighted by Gasteiger charge is -2.16. The molecule has 1 aromatic rings. The SMILES string of the molecule is COc1cccc(NC2=NC=NC3=NC=NC32)c1. The average Bonchev–Trinajstić information content (AvgIpc) is 2.88. The Morgan fingerprint density at radius 2 is 2.17 bits per heavy atom. The first kappa shape index (κ1) is 10.6. The molecule has 0 amide bonds. The van der Waals surface area contributed by atoms with E-state index < -0.39 is 0 Å². The zero-order valence-electron chi connectivity index (χ0n) is 9.74. The van der Waals surface area contributed by atoms with Gasteiger partial charge in [-0.25, -0.2) is 15.0 Å². The summed E-state index contributed by atoms with van der Waals surface area (Å²) in [5.74, 6) is 2.16. The van der Waals surface area contributed by atoms with Crippen LogP contribution in [0.3, 0.4) is 0 Å². The van der Waals surface area contributed by atoms with Crippen LogP contribution >= 0.6 is 0 Å². The zero-order chi connectivity index (χ0) is 12.4. The first-order valence-electron chi connectivity index (χ1n) is 5.47. The Kier molecular flexibility index (Phi) is 2.60. The van der Waals surface area contributed by atoms with Gasteiger partial charge in [0.05, 0.1) is 7.11 Å². The van der Waals surface area contributed by atoms with Gasteiger partial charge in [0.2, 0.25) is 0 Å². The third-order valence-electron chi connectivity index (χ3n) is 2.64. The largest absolute Gasteiger partial charge is 0.497 e. The molecular weight excluding hydrogens is 230 g/mol. The van der Waals surface area contributed by atoms with Gasteiger partial charge < -0.3 is 10.1 Å². The van der Waals surface area contributed by atoms with E-state index in [0.717, 1.165) is 11.4 Å². The second-order valence-electron chi connectivity index (χ2n) is 3.77. The maximum absolute atomic E-state index is 5.17. The predicted octanol–water partition coefficient (Wildman–Crippen LogP) is 1.36. The number of benzene rings is 1. The lowest BCUT2D eigenvalue weighted by atomic mass is 10.2. The fourth-order valence-electron chi connectivity index (χ4n) is 1.76. The van der Waals surface area contributed by atoms with Crippen molar-refractivity contribution >= 4 is 30.0 Å². The Bertz CT molecular complexity index is 588. The van der Waals surface area contributed by atoms with Crippen LogP contribution in [0.2, 0.25) is 0 Å². The number of ether oxygens (including phenoxy) is 1. The number of rotatable bonds is 2. The zero-order valence-corrected chi connectivity index (χ0v) is 9.74. The normalized spacial score (nSPS) is 20.2. The molecule has 2 heterocycles. The molecule has 0 radical (unpaired) electrons. The second kappa shape index (κ2) is 4.40. The molecule has 1 aromatic carbocycles. The summed E-state index contributed by atoms with van der Waals surface area (Å²) in [5.41, 5.74) is 0.893. The van der Waals surface area contributed by atoms with Crippen molar-refractivity contribution in [2.24, 2.45) is 20.0 Å². The fraction of sp³-hybridized carbons (Fsp3) is 0.167.